The molecule has 1 fully saturated rings. The highest BCUT2D eigenvalue weighted by Gasteiger charge is 2.37. The van der Waals surface area contributed by atoms with Crippen molar-refractivity contribution in [2.24, 2.45) is 0 Å². The fourth-order valence-electron chi connectivity index (χ4n) is 4.19. The number of urea groups is 1. The van der Waals surface area contributed by atoms with Gasteiger partial charge < -0.3 is 4.74 Å². The summed E-state index contributed by atoms with van der Waals surface area (Å²) >= 11 is 12.0. The van der Waals surface area contributed by atoms with Crippen LogP contribution in [0.2, 0.25) is 10.0 Å². The van der Waals surface area contributed by atoms with Crippen LogP contribution >= 0.6 is 23.2 Å². The Balaban J connectivity index is 1.47. The Morgan fingerprint density at radius 3 is 2.46 bits per heavy atom. The summed E-state index contributed by atoms with van der Waals surface area (Å²) in [6, 6.07) is 22.7. The van der Waals surface area contributed by atoms with E-state index in [1.165, 1.54) is 24.3 Å². The van der Waals surface area contributed by atoms with E-state index >= 15 is 0 Å². The Morgan fingerprint density at radius 2 is 1.65 bits per heavy atom. The second-order valence-corrected chi connectivity index (χ2v) is 9.28. The molecule has 4 aromatic carbocycles. The summed E-state index contributed by atoms with van der Waals surface area (Å²) in [5, 5.41) is 4.86. The van der Waals surface area contributed by atoms with Crippen LogP contribution in [0.3, 0.4) is 0 Å². The number of ether oxygens (including phenoxy) is 1. The van der Waals surface area contributed by atoms with Gasteiger partial charge in [-0.3, -0.25) is 14.9 Å². The molecule has 0 bridgehead atoms. The zero-order valence-electron chi connectivity index (χ0n) is 19.6. The van der Waals surface area contributed by atoms with Gasteiger partial charge in [-0.25, -0.2) is 9.69 Å². The van der Waals surface area contributed by atoms with Crippen LogP contribution in [0.15, 0.2) is 84.4 Å². The van der Waals surface area contributed by atoms with Crippen LogP contribution in [0, 0.1) is 6.92 Å². The molecular weight excluding hydrogens is 511 g/mol. The molecule has 6 nitrogen and oxygen atoms in total. The van der Waals surface area contributed by atoms with E-state index in [4.69, 9.17) is 27.9 Å². The molecular formula is C29H20Cl2N2O4. The van der Waals surface area contributed by atoms with Crippen molar-refractivity contribution in [3.05, 3.63) is 111 Å². The van der Waals surface area contributed by atoms with E-state index in [9.17, 15) is 14.4 Å². The van der Waals surface area contributed by atoms with Crippen LogP contribution in [0.4, 0.5) is 10.5 Å². The molecule has 0 unspecified atom stereocenters. The number of para-hydroxylation sites is 1. The van der Waals surface area contributed by atoms with E-state index in [-0.39, 0.29) is 21.3 Å². The standard InChI is InChI=1S/C29H20Cl2N2O4/c1-17-10-11-18-6-2-4-8-21(18)23(17)16-37-26-9-5-3-7-19(26)14-22-27(34)32-29(36)33(28(22)35)20-12-13-24(30)25(31)15-20/h2-15H,16H2,1H3,(H,32,34,36)/b22-14+. The maximum atomic E-state index is 13.3. The predicted octanol–water partition coefficient (Wildman–Crippen LogP) is 6.70. The number of nitrogens with zero attached hydrogens (tertiary/aromatic N) is 1. The molecule has 0 aromatic heterocycles. The first kappa shape index (κ1) is 24.6. The number of amides is 4. The summed E-state index contributed by atoms with van der Waals surface area (Å²) in [6.07, 6.45) is 1.42. The van der Waals surface area contributed by atoms with Crippen molar-refractivity contribution < 1.29 is 19.1 Å². The molecule has 1 aliphatic rings. The lowest BCUT2D eigenvalue weighted by atomic mass is 10.0. The summed E-state index contributed by atoms with van der Waals surface area (Å²) in [5.74, 6) is -1.10. The van der Waals surface area contributed by atoms with Crippen LogP contribution in [-0.4, -0.2) is 17.8 Å². The Bertz CT molecular complexity index is 1610. The first-order chi connectivity index (χ1) is 17.8. The smallest absolute Gasteiger partial charge is 0.335 e. The van der Waals surface area contributed by atoms with Crippen molar-refractivity contribution in [2.45, 2.75) is 13.5 Å². The molecule has 1 aliphatic heterocycles. The van der Waals surface area contributed by atoms with Gasteiger partial charge in [0.05, 0.1) is 15.7 Å². The number of hydrogen-bond donors (Lipinski definition) is 1. The molecule has 8 heteroatoms. The third-order valence-electron chi connectivity index (χ3n) is 6.13. The van der Waals surface area contributed by atoms with Crippen molar-refractivity contribution in [1.82, 2.24) is 5.32 Å². The number of carbonyl (C=O) groups excluding carboxylic acids is 3. The van der Waals surface area contributed by atoms with Gasteiger partial charge in [-0.2, -0.15) is 0 Å². The maximum absolute atomic E-state index is 13.3. The van der Waals surface area contributed by atoms with E-state index in [0.717, 1.165) is 26.8 Å². The third-order valence-corrected chi connectivity index (χ3v) is 6.87. The molecule has 4 aromatic rings. The average Bonchev–Trinajstić information content (AvgIpc) is 2.88. The fourth-order valence-corrected chi connectivity index (χ4v) is 4.48. The summed E-state index contributed by atoms with van der Waals surface area (Å²) in [5.41, 5.74) is 2.62. The number of carbonyl (C=O) groups is 3. The Kier molecular flexibility index (Phi) is 6.70. The highest BCUT2D eigenvalue weighted by Crippen LogP contribution is 2.31. The van der Waals surface area contributed by atoms with Crippen LogP contribution in [0.1, 0.15) is 16.7 Å². The van der Waals surface area contributed by atoms with E-state index < -0.39 is 17.8 Å². The topological polar surface area (TPSA) is 75.7 Å². The summed E-state index contributed by atoms with van der Waals surface area (Å²) in [4.78, 5) is 39.3. The maximum Gasteiger partial charge on any atom is 0.335 e. The number of aryl methyl sites for hydroxylation is 1. The van der Waals surface area contributed by atoms with Gasteiger partial charge in [0.1, 0.15) is 17.9 Å². The van der Waals surface area contributed by atoms with Crippen LogP contribution < -0.4 is 15.0 Å². The minimum atomic E-state index is -0.874. The van der Waals surface area contributed by atoms with Crippen LogP contribution in [0.25, 0.3) is 16.8 Å². The minimum absolute atomic E-state index is 0.171. The van der Waals surface area contributed by atoms with Gasteiger partial charge in [0.15, 0.2) is 0 Å². The molecule has 0 spiro atoms. The Hall–Kier alpha value is -4.13. The monoisotopic (exact) mass is 530 g/mol. The Labute approximate surface area is 223 Å². The quantitative estimate of drug-likeness (QED) is 0.230. The first-order valence-electron chi connectivity index (χ1n) is 11.4. The van der Waals surface area contributed by atoms with Gasteiger partial charge in [0.25, 0.3) is 11.8 Å². The van der Waals surface area contributed by atoms with Crippen molar-refractivity contribution >= 4 is 63.6 Å². The lowest BCUT2D eigenvalue weighted by Crippen LogP contribution is -2.54. The zero-order chi connectivity index (χ0) is 26.1. The number of nitrogens with one attached hydrogen (secondary N) is 1. The number of hydrogen-bond acceptors (Lipinski definition) is 4. The van der Waals surface area contributed by atoms with Crippen molar-refractivity contribution in [3.8, 4) is 5.75 Å². The number of halogens is 2. The first-order valence-corrected chi connectivity index (χ1v) is 12.1. The van der Waals surface area contributed by atoms with Gasteiger partial charge >= 0.3 is 6.03 Å². The SMILES string of the molecule is Cc1ccc2ccccc2c1COc1ccccc1/C=C1\C(=O)NC(=O)N(c2ccc(Cl)c(Cl)c2)C1=O. The lowest BCUT2D eigenvalue weighted by molar-refractivity contribution is -0.122. The van der Waals surface area contributed by atoms with E-state index in [1.54, 1.807) is 18.2 Å². The predicted molar refractivity (Wildman–Crippen MR) is 145 cm³/mol. The molecule has 5 rings (SSSR count). The highest BCUT2D eigenvalue weighted by molar-refractivity contribution is 6.43. The summed E-state index contributed by atoms with van der Waals surface area (Å²) in [7, 11) is 0. The van der Waals surface area contributed by atoms with Crippen molar-refractivity contribution in [2.75, 3.05) is 4.90 Å². The summed E-state index contributed by atoms with van der Waals surface area (Å²) < 4.78 is 6.19. The van der Waals surface area contributed by atoms with Gasteiger partial charge in [-0.05, 0) is 53.6 Å². The molecule has 0 saturated carbocycles. The zero-order valence-corrected chi connectivity index (χ0v) is 21.1. The van der Waals surface area contributed by atoms with Crippen LogP contribution in [-0.2, 0) is 16.2 Å². The van der Waals surface area contributed by atoms with E-state index in [2.05, 4.69) is 23.5 Å². The second-order valence-electron chi connectivity index (χ2n) is 8.46. The van der Waals surface area contributed by atoms with Crippen LogP contribution in [0.5, 0.6) is 5.75 Å². The van der Waals surface area contributed by atoms with Gasteiger partial charge in [-0.15, -0.1) is 0 Å². The number of rotatable bonds is 5. The van der Waals surface area contributed by atoms with Gasteiger partial charge in [-0.1, -0.05) is 77.8 Å². The highest BCUT2D eigenvalue weighted by atomic mass is 35.5. The normalized spacial score (nSPS) is 14.8. The number of barbiturate groups is 1. The lowest BCUT2D eigenvalue weighted by Gasteiger charge is -2.26. The molecule has 0 radical (unpaired) electrons. The number of fused-ring (bicyclic) bond motifs is 1. The molecule has 1 saturated heterocycles. The second kappa shape index (κ2) is 10.1. The number of anilines is 1. The molecule has 37 heavy (non-hydrogen) atoms. The third kappa shape index (κ3) is 4.81. The van der Waals surface area contributed by atoms with E-state index in [0.29, 0.717) is 17.9 Å². The summed E-state index contributed by atoms with van der Waals surface area (Å²) in [6.45, 7) is 2.32. The Morgan fingerprint density at radius 1 is 0.892 bits per heavy atom. The molecule has 1 N–H and O–H groups in total. The van der Waals surface area contributed by atoms with Crippen molar-refractivity contribution in [1.29, 1.82) is 0 Å². The van der Waals surface area contributed by atoms with Crippen molar-refractivity contribution in [3.63, 3.8) is 0 Å². The number of benzene rings is 4. The van der Waals surface area contributed by atoms with Gasteiger partial charge in [0, 0.05) is 11.1 Å². The fraction of sp³-hybridized carbons (Fsp3) is 0.0690. The molecule has 1 heterocycles. The largest absolute Gasteiger partial charge is 0.488 e. The molecule has 0 atom stereocenters. The molecule has 4 amide bonds. The molecule has 0 aliphatic carbocycles. The van der Waals surface area contributed by atoms with E-state index in [1.807, 2.05) is 31.2 Å². The number of imide groups is 2. The molecule has 184 valence electrons. The minimum Gasteiger partial charge on any atom is -0.488 e. The van der Waals surface area contributed by atoms with Gasteiger partial charge in [0.2, 0.25) is 0 Å². The average molecular weight is 531 g/mol.